The molecule has 5 heteroatoms. The van der Waals surface area contributed by atoms with Crippen LogP contribution in [-0.2, 0) is 0 Å². The molecule has 1 fully saturated rings. The summed E-state index contributed by atoms with van der Waals surface area (Å²) in [4.78, 5) is 2.31. The number of hydrogen-bond acceptors (Lipinski definition) is 3. The number of hydrogen-bond donors (Lipinski definition) is 1. The number of piperidine rings is 1. The summed E-state index contributed by atoms with van der Waals surface area (Å²) >= 11 is 5.88. The Kier molecular flexibility index (Phi) is 5.43. The third-order valence-corrected chi connectivity index (χ3v) is 3.82. The summed E-state index contributed by atoms with van der Waals surface area (Å²) in [5.74, 6) is 0.612. The van der Waals surface area contributed by atoms with Gasteiger partial charge in [-0.2, -0.15) is 0 Å². The second kappa shape index (κ2) is 7.08. The first-order chi connectivity index (χ1) is 9.19. The van der Waals surface area contributed by atoms with Gasteiger partial charge in [0.25, 0.3) is 0 Å². The lowest BCUT2D eigenvalue weighted by atomic mass is 9.98. The van der Waals surface area contributed by atoms with Crippen molar-refractivity contribution in [1.82, 2.24) is 4.90 Å². The molecule has 2 rings (SSSR count). The van der Waals surface area contributed by atoms with Crippen LogP contribution in [0, 0.1) is 11.7 Å². The molecule has 1 aliphatic rings. The molecule has 1 saturated heterocycles. The highest BCUT2D eigenvalue weighted by Gasteiger charge is 2.18. The molecule has 1 N–H and O–H groups in total. The van der Waals surface area contributed by atoms with Gasteiger partial charge in [-0.05, 0) is 50.0 Å². The molecule has 0 saturated carbocycles. The van der Waals surface area contributed by atoms with E-state index in [4.69, 9.17) is 21.4 Å². The summed E-state index contributed by atoms with van der Waals surface area (Å²) in [7, 11) is 0. The lowest BCUT2D eigenvalue weighted by Crippen LogP contribution is -2.37. The van der Waals surface area contributed by atoms with Crippen molar-refractivity contribution in [2.45, 2.75) is 12.8 Å². The van der Waals surface area contributed by atoms with Crippen LogP contribution in [0.25, 0.3) is 0 Å². The molecule has 1 aromatic rings. The highest BCUT2D eigenvalue weighted by atomic mass is 35.5. The molecular formula is C14H19ClFNO2. The Labute approximate surface area is 117 Å². The zero-order valence-corrected chi connectivity index (χ0v) is 11.6. The van der Waals surface area contributed by atoms with E-state index in [1.807, 2.05) is 0 Å². The minimum Gasteiger partial charge on any atom is -0.491 e. The third kappa shape index (κ3) is 4.34. The van der Waals surface area contributed by atoms with Crippen LogP contribution >= 0.6 is 11.6 Å². The fraction of sp³-hybridized carbons (Fsp3) is 0.571. The number of aliphatic hydroxyl groups is 1. The zero-order chi connectivity index (χ0) is 13.7. The Morgan fingerprint density at radius 1 is 1.37 bits per heavy atom. The van der Waals surface area contributed by atoms with Gasteiger partial charge in [-0.25, -0.2) is 4.39 Å². The predicted octanol–water partition coefficient (Wildman–Crippen LogP) is 2.56. The van der Waals surface area contributed by atoms with Crippen LogP contribution in [0.15, 0.2) is 18.2 Å². The van der Waals surface area contributed by atoms with Gasteiger partial charge in [0, 0.05) is 13.2 Å². The van der Waals surface area contributed by atoms with Gasteiger partial charge < -0.3 is 9.84 Å². The predicted molar refractivity (Wildman–Crippen MR) is 73.2 cm³/mol. The van der Waals surface area contributed by atoms with Crippen LogP contribution in [-0.4, -0.2) is 42.9 Å². The van der Waals surface area contributed by atoms with Crippen LogP contribution < -0.4 is 4.74 Å². The molecule has 106 valence electrons. The van der Waals surface area contributed by atoms with E-state index in [1.54, 1.807) is 6.07 Å². The summed E-state index contributed by atoms with van der Waals surface area (Å²) in [5.41, 5.74) is 0. The van der Waals surface area contributed by atoms with Gasteiger partial charge in [-0.1, -0.05) is 11.6 Å². The Hall–Kier alpha value is -0.840. The maximum absolute atomic E-state index is 12.9. The first-order valence-corrected chi connectivity index (χ1v) is 6.98. The second-order valence-electron chi connectivity index (χ2n) is 4.89. The molecule has 0 bridgehead atoms. The maximum Gasteiger partial charge on any atom is 0.138 e. The van der Waals surface area contributed by atoms with E-state index in [-0.39, 0.29) is 12.4 Å². The number of ether oxygens (including phenoxy) is 1. The van der Waals surface area contributed by atoms with Gasteiger partial charge in [0.2, 0.25) is 0 Å². The van der Waals surface area contributed by atoms with Gasteiger partial charge in [-0.15, -0.1) is 0 Å². The van der Waals surface area contributed by atoms with Crippen molar-refractivity contribution in [2.24, 2.45) is 5.92 Å². The molecule has 0 atom stereocenters. The van der Waals surface area contributed by atoms with E-state index < -0.39 is 0 Å². The molecule has 1 aromatic carbocycles. The molecular weight excluding hydrogens is 269 g/mol. The van der Waals surface area contributed by atoms with Gasteiger partial charge in [-0.3, -0.25) is 4.90 Å². The van der Waals surface area contributed by atoms with Crippen molar-refractivity contribution in [3.05, 3.63) is 29.0 Å². The molecule has 1 aliphatic heterocycles. The molecule has 0 aromatic heterocycles. The molecule has 0 radical (unpaired) electrons. The number of likely N-dealkylation sites (tertiary alicyclic amines) is 1. The highest BCUT2D eigenvalue weighted by molar-refractivity contribution is 6.32. The number of benzene rings is 1. The number of halogens is 2. The summed E-state index contributed by atoms with van der Waals surface area (Å²) in [6.07, 6.45) is 2.07. The van der Waals surface area contributed by atoms with E-state index in [2.05, 4.69) is 4.90 Å². The fourth-order valence-electron chi connectivity index (χ4n) is 2.27. The number of rotatable bonds is 5. The quantitative estimate of drug-likeness (QED) is 0.903. The van der Waals surface area contributed by atoms with Crippen LogP contribution in [0.2, 0.25) is 5.02 Å². The van der Waals surface area contributed by atoms with E-state index in [1.165, 1.54) is 12.1 Å². The fourth-order valence-corrected chi connectivity index (χ4v) is 2.49. The van der Waals surface area contributed by atoms with Gasteiger partial charge in [0.15, 0.2) is 0 Å². The lowest BCUT2D eigenvalue weighted by molar-refractivity contribution is 0.119. The molecule has 3 nitrogen and oxygen atoms in total. The minimum absolute atomic E-state index is 0.287. The van der Waals surface area contributed by atoms with Crippen molar-refractivity contribution < 1.29 is 14.2 Å². The van der Waals surface area contributed by atoms with Gasteiger partial charge in [0.1, 0.15) is 18.2 Å². The summed E-state index contributed by atoms with van der Waals surface area (Å²) in [5, 5.41) is 9.37. The summed E-state index contributed by atoms with van der Waals surface area (Å²) in [6.45, 7) is 3.63. The average Bonchev–Trinajstić information content (AvgIpc) is 2.42. The lowest BCUT2D eigenvalue weighted by Gasteiger charge is -2.30. The number of aliphatic hydroxyl groups excluding tert-OH is 1. The third-order valence-electron chi connectivity index (χ3n) is 3.52. The monoisotopic (exact) mass is 287 g/mol. The van der Waals surface area contributed by atoms with Crippen LogP contribution in [0.4, 0.5) is 4.39 Å². The van der Waals surface area contributed by atoms with Crippen molar-refractivity contribution in [1.29, 1.82) is 0 Å². The largest absolute Gasteiger partial charge is 0.491 e. The number of nitrogens with zero attached hydrogens (tertiary/aromatic N) is 1. The zero-order valence-electron chi connectivity index (χ0n) is 10.8. The van der Waals surface area contributed by atoms with Crippen LogP contribution in [0.3, 0.4) is 0 Å². The Morgan fingerprint density at radius 2 is 2.11 bits per heavy atom. The van der Waals surface area contributed by atoms with Crippen molar-refractivity contribution in [2.75, 3.05) is 32.8 Å². The van der Waals surface area contributed by atoms with Gasteiger partial charge in [0.05, 0.1) is 5.02 Å². The normalized spacial score (nSPS) is 17.6. The summed E-state index contributed by atoms with van der Waals surface area (Å²) < 4.78 is 18.4. The van der Waals surface area contributed by atoms with E-state index in [0.29, 0.717) is 23.3 Å². The van der Waals surface area contributed by atoms with E-state index in [0.717, 1.165) is 32.5 Å². The molecule has 0 unspecified atom stereocenters. The molecule has 0 aliphatic carbocycles. The molecule has 0 amide bonds. The Bertz CT molecular complexity index is 408. The Balaban J connectivity index is 1.72. The van der Waals surface area contributed by atoms with Crippen molar-refractivity contribution in [3.8, 4) is 5.75 Å². The van der Waals surface area contributed by atoms with Crippen molar-refractivity contribution >= 4 is 11.6 Å². The highest BCUT2D eigenvalue weighted by Crippen LogP contribution is 2.25. The second-order valence-corrected chi connectivity index (χ2v) is 5.30. The summed E-state index contributed by atoms with van der Waals surface area (Å²) in [6, 6.07) is 4.15. The molecule has 1 heterocycles. The Morgan fingerprint density at radius 3 is 2.74 bits per heavy atom. The standard InChI is InChI=1S/C14H19ClFNO2/c15-13-9-12(16)1-2-14(13)19-8-7-17-5-3-11(10-18)4-6-17/h1-2,9,11,18H,3-8,10H2. The van der Waals surface area contributed by atoms with Crippen LogP contribution in [0.5, 0.6) is 5.75 Å². The van der Waals surface area contributed by atoms with Gasteiger partial charge >= 0.3 is 0 Å². The van der Waals surface area contributed by atoms with Crippen molar-refractivity contribution in [3.63, 3.8) is 0 Å². The smallest absolute Gasteiger partial charge is 0.138 e. The molecule has 19 heavy (non-hydrogen) atoms. The first-order valence-electron chi connectivity index (χ1n) is 6.60. The SMILES string of the molecule is OCC1CCN(CCOc2ccc(F)cc2Cl)CC1. The average molecular weight is 288 g/mol. The van der Waals surface area contributed by atoms with E-state index >= 15 is 0 Å². The topological polar surface area (TPSA) is 32.7 Å². The minimum atomic E-state index is -0.358. The first kappa shape index (κ1) is 14.6. The van der Waals surface area contributed by atoms with Crippen LogP contribution in [0.1, 0.15) is 12.8 Å². The molecule has 0 spiro atoms. The van der Waals surface area contributed by atoms with E-state index in [9.17, 15) is 4.39 Å². The maximum atomic E-state index is 12.9.